The molecule has 0 bridgehead atoms. The van der Waals surface area contributed by atoms with Crippen LogP contribution in [0.2, 0.25) is 0 Å². The molecule has 2 fully saturated rings. The number of carbonyl (C=O) groups excluding carboxylic acids is 1. The third-order valence-electron chi connectivity index (χ3n) is 6.31. The molecule has 9 heteroatoms. The molecule has 8 nitrogen and oxygen atoms in total. The van der Waals surface area contributed by atoms with Crippen LogP contribution >= 0.6 is 24.0 Å². The van der Waals surface area contributed by atoms with E-state index in [9.17, 15) is 4.79 Å². The fourth-order valence-corrected chi connectivity index (χ4v) is 4.50. The van der Waals surface area contributed by atoms with Gasteiger partial charge in [0.2, 0.25) is 5.91 Å². The maximum absolute atomic E-state index is 12.7. The fraction of sp³-hybridized carbons (Fsp3) is 0.542. The van der Waals surface area contributed by atoms with Crippen LogP contribution in [-0.2, 0) is 24.9 Å². The topological polar surface area (TPSA) is 69.0 Å². The van der Waals surface area contributed by atoms with E-state index in [2.05, 4.69) is 44.6 Å². The molecule has 0 unspecified atom stereocenters. The highest BCUT2D eigenvalue weighted by atomic mass is 127. The van der Waals surface area contributed by atoms with E-state index in [4.69, 9.17) is 0 Å². The minimum atomic E-state index is 0. The SMILES string of the molecule is CN=C(NCc1ccc(CN2CCCCCC2)cc1)N1CCN(c2cnn(C)c2)C(=O)C1.I. The molecule has 0 atom stereocenters. The Balaban J connectivity index is 0.00000306. The number of likely N-dealkylation sites (tertiary alicyclic amines) is 1. The number of aliphatic imine (C=N–C) groups is 1. The summed E-state index contributed by atoms with van der Waals surface area (Å²) in [7, 11) is 3.63. The number of anilines is 1. The van der Waals surface area contributed by atoms with E-state index in [1.165, 1.54) is 49.9 Å². The fourth-order valence-electron chi connectivity index (χ4n) is 4.50. The lowest BCUT2D eigenvalue weighted by Crippen LogP contribution is -2.55. The Labute approximate surface area is 214 Å². The maximum atomic E-state index is 12.7. The second kappa shape index (κ2) is 12.4. The molecule has 2 aliphatic heterocycles. The summed E-state index contributed by atoms with van der Waals surface area (Å²) in [5.41, 5.74) is 3.43. The zero-order valence-electron chi connectivity index (χ0n) is 19.7. The van der Waals surface area contributed by atoms with Gasteiger partial charge in [-0.25, -0.2) is 0 Å². The summed E-state index contributed by atoms with van der Waals surface area (Å²) < 4.78 is 1.72. The zero-order valence-corrected chi connectivity index (χ0v) is 22.1. The molecule has 2 aliphatic rings. The van der Waals surface area contributed by atoms with Gasteiger partial charge in [0.1, 0.15) is 6.54 Å². The number of amides is 1. The summed E-state index contributed by atoms with van der Waals surface area (Å²) in [5.74, 6) is 0.822. The van der Waals surface area contributed by atoms with Gasteiger partial charge in [0.25, 0.3) is 0 Å². The summed E-state index contributed by atoms with van der Waals surface area (Å²) in [5, 5.41) is 7.60. The molecule has 2 aromatic rings. The Bertz CT molecular complexity index is 919. The van der Waals surface area contributed by atoms with Crippen LogP contribution in [0.15, 0.2) is 41.7 Å². The molecule has 1 amide bonds. The third-order valence-corrected chi connectivity index (χ3v) is 6.31. The van der Waals surface area contributed by atoms with Crippen molar-refractivity contribution in [3.05, 3.63) is 47.8 Å². The molecule has 0 saturated carbocycles. The zero-order chi connectivity index (χ0) is 22.3. The van der Waals surface area contributed by atoms with Gasteiger partial charge in [0.15, 0.2) is 5.96 Å². The molecule has 1 aromatic carbocycles. The molecule has 1 aromatic heterocycles. The van der Waals surface area contributed by atoms with Crippen molar-refractivity contribution in [3.63, 3.8) is 0 Å². The number of nitrogens with zero attached hydrogens (tertiary/aromatic N) is 6. The minimum absolute atomic E-state index is 0. The number of hydrogen-bond donors (Lipinski definition) is 1. The van der Waals surface area contributed by atoms with Gasteiger partial charge in [-0.15, -0.1) is 24.0 Å². The first kappa shape index (κ1) is 25.5. The highest BCUT2D eigenvalue weighted by molar-refractivity contribution is 14.0. The summed E-state index contributed by atoms with van der Waals surface area (Å²) in [6, 6.07) is 8.86. The highest BCUT2D eigenvalue weighted by Gasteiger charge is 2.27. The predicted octanol–water partition coefficient (Wildman–Crippen LogP) is 2.84. The summed E-state index contributed by atoms with van der Waals surface area (Å²) >= 11 is 0. The van der Waals surface area contributed by atoms with Gasteiger partial charge >= 0.3 is 0 Å². The molecular weight excluding hydrogens is 529 g/mol. The Kier molecular flexibility index (Phi) is 9.54. The lowest BCUT2D eigenvalue weighted by atomic mass is 10.1. The molecule has 3 heterocycles. The van der Waals surface area contributed by atoms with Crippen molar-refractivity contribution in [3.8, 4) is 0 Å². The molecule has 0 spiro atoms. The first-order chi connectivity index (χ1) is 15.6. The number of hydrogen-bond acceptors (Lipinski definition) is 4. The molecule has 0 aliphatic carbocycles. The van der Waals surface area contributed by atoms with Gasteiger partial charge in [-0.3, -0.25) is 19.4 Å². The van der Waals surface area contributed by atoms with E-state index in [0.29, 0.717) is 19.6 Å². The van der Waals surface area contributed by atoms with Crippen LogP contribution in [0, 0.1) is 0 Å². The molecular formula is C24H36IN7O. The number of guanidine groups is 1. The van der Waals surface area contributed by atoms with Gasteiger partial charge in [-0.1, -0.05) is 37.1 Å². The van der Waals surface area contributed by atoms with Crippen molar-refractivity contribution in [1.82, 2.24) is 24.9 Å². The number of piperazine rings is 1. The molecule has 1 N–H and O–H groups in total. The number of aromatic nitrogens is 2. The van der Waals surface area contributed by atoms with E-state index < -0.39 is 0 Å². The molecule has 0 radical (unpaired) electrons. The number of rotatable bonds is 5. The van der Waals surface area contributed by atoms with Gasteiger partial charge in [0, 0.05) is 46.5 Å². The third kappa shape index (κ3) is 6.92. The smallest absolute Gasteiger partial charge is 0.246 e. The van der Waals surface area contributed by atoms with E-state index in [0.717, 1.165) is 24.7 Å². The van der Waals surface area contributed by atoms with Crippen molar-refractivity contribution < 1.29 is 4.79 Å². The predicted molar refractivity (Wildman–Crippen MR) is 143 cm³/mol. The number of carbonyl (C=O) groups is 1. The monoisotopic (exact) mass is 565 g/mol. The van der Waals surface area contributed by atoms with Crippen LogP contribution < -0.4 is 10.2 Å². The van der Waals surface area contributed by atoms with Crippen molar-refractivity contribution >= 4 is 41.5 Å². The Morgan fingerprint density at radius 1 is 1.03 bits per heavy atom. The van der Waals surface area contributed by atoms with Crippen molar-refractivity contribution in [2.45, 2.75) is 38.8 Å². The number of halogens is 1. The van der Waals surface area contributed by atoms with Crippen LogP contribution in [0.1, 0.15) is 36.8 Å². The Morgan fingerprint density at radius 2 is 1.73 bits per heavy atom. The first-order valence-corrected chi connectivity index (χ1v) is 11.7. The maximum Gasteiger partial charge on any atom is 0.246 e. The summed E-state index contributed by atoms with van der Waals surface area (Å²) in [6.45, 7) is 5.82. The number of nitrogens with one attached hydrogen (secondary N) is 1. The molecule has 4 rings (SSSR count). The average molecular weight is 566 g/mol. The van der Waals surface area contributed by atoms with Crippen LogP contribution in [0.3, 0.4) is 0 Å². The van der Waals surface area contributed by atoms with Gasteiger partial charge in [-0.05, 0) is 37.1 Å². The molecule has 33 heavy (non-hydrogen) atoms. The molecule has 180 valence electrons. The normalized spacial score (nSPS) is 18.1. The van der Waals surface area contributed by atoms with Gasteiger partial charge < -0.3 is 15.1 Å². The van der Waals surface area contributed by atoms with E-state index in [1.54, 1.807) is 22.8 Å². The Morgan fingerprint density at radius 3 is 2.33 bits per heavy atom. The second-order valence-electron chi connectivity index (χ2n) is 8.75. The highest BCUT2D eigenvalue weighted by Crippen LogP contribution is 2.17. The second-order valence-corrected chi connectivity index (χ2v) is 8.75. The Hall–Kier alpha value is -2.14. The van der Waals surface area contributed by atoms with Crippen molar-refractivity contribution in [1.29, 1.82) is 0 Å². The average Bonchev–Trinajstić information content (AvgIpc) is 3.06. The largest absolute Gasteiger partial charge is 0.352 e. The lowest BCUT2D eigenvalue weighted by Gasteiger charge is -2.35. The van der Waals surface area contributed by atoms with Crippen molar-refractivity contribution in [2.24, 2.45) is 12.0 Å². The van der Waals surface area contributed by atoms with E-state index in [1.807, 2.05) is 18.1 Å². The van der Waals surface area contributed by atoms with Crippen molar-refractivity contribution in [2.75, 3.05) is 44.7 Å². The van der Waals surface area contributed by atoms with Gasteiger partial charge in [0.05, 0.1) is 11.9 Å². The minimum Gasteiger partial charge on any atom is -0.352 e. The van der Waals surface area contributed by atoms with Crippen LogP contribution in [0.25, 0.3) is 0 Å². The van der Waals surface area contributed by atoms with Crippen LogP contribution in [-0.4, -0.2) is 71.2 Å². The number of benzene rings is 1. The standard InChI is InChI=1S/C24H35N7O.HI/c1-25-24(30-13-14-31(23(32)19-30)22-16-27-28(2)18-22)26-15-20-7-9-21(10-8-20)17-29-11-5-3-4-6-12-29;/h7-10,16,18H,3-6,11-15,17,19H2,1-2H3,(H,25,26);1H. The van der Waals surface area contributed by atoms with Crippen LogP contribution in [0.4, 0.5) is 5.69 Å². The van der Waals surface area contributed by atoms with Crippen LogP contribution in [0.5, 0.6) is 0 Å². The summed E-state index contributed by atoms with van der Waals surface area (Å²) in [4.78, 5) is 23.5. The van der Waals surface area contributed by atoms with E-state index in [-0.39, 0.29) is 29.9 Å². The first-order valence-electron chi connectivity index (χ1n) is 11.7. The van der Waals surface area contributed by atoms with E-state index >= 15 is 0 Å². The lowest BCUT2D eigenvalue weighted by molar-refractivity contribution is -0.120. The molecule has 2 saturated heterocycles. The van der Waals surface area contributed by atoms with Gasteiger partial charge in [-0.2, -0.15) is 5.10 Å². The summed E-state index contributed by atoms with van der Waals surface area (Å²) in [6.07, 6.45) is 8.98. The quantitative estimate of drug-likeness (QED) is 0.343. The number of aryl methyl sites for hydroxylation is 1.